The Bertz CT molecular complexity index is 240. The molecule has 0 spiro atoms. The smallest absolute Gasteiger partial charge is 0.401 e. The van der Waals surface area contributed by atoms with Gasteiger partial charge in [0.2, 0.25) is 0 Å². The number of aliphatic carboxylic acids is 1. The van der Waals surface area contributed by atoms with E-state index in [-0.39, 0.29) is 24.7 Å². The normalized spacial score (nSPS) is 18.8. The van der Waals surface area contributed by atoms with E-state index in [1.807, 2.05) is 0 Å². The van der Waals surface area contributed by atoms with Gasteiger partial charge in [0.1, 0.15) is 0 Å². The summed E-state index contributed by atoms with van der Waals surface area (Å²) in [4.78, 5) is 11.7. The van der Waals surface area contributed by atoms with Crippen LogP contribution in [0.4, 0.5) is 13.2 Å². The Morgan fingerprint density at radius 2 is 1.82 bits per heavy atom. The number of carboxylic acid groups (broad SMARTS) is 1. The number of nitrogens with zero attached hydrogens (tertiary/aromatic N) is 1. The molecule has 7 heteroatoms. The molecule has 1 fully saturated rings. The molecule has 102 valence electrons. The number of hydrogen-bond donors (Lipinski definition) is 1. The van der Waals surface area contributed by atoms with Gasteiger partial charge in [-0.05, 0) is 38.3 Å². The molecule has 0 aromatic carbocycles. The van der Waals surface area contributed by atoms with Crippen LogP contribution in [-0.2, 0) is 4.79 Å². The van der Waals surface area contributed by atoms with Crippen LogP contribution in [0.1, 0.15) is 25.7 Å². The third-order valence-electron chi connectivity index (χ3n) is 2.88. The molecule has 0 radical (unpaired) electrons. The highest BCUT2D eigenvalue weighted by Gasteiger charge is 2.32. The van der Waals surface area contributed by atoms with Crippen LogP contribution in [0.25, 0.3) is 0 Å². The monoisotopic (exact) mass is 275 g/mol. The Hall–Kier alpha value is -0.490. The first-order valence-electron chi connectivity index (χ1n) is 5.38. The molecule has 0 bridgehead atoms. The predicted molar refractivity (Wildman–Crippen MR) is 59.3 cm³/mol. The topological polar surface area (TPSA) is 40.5 Å². The highest BCUT2D eigenvalue weighted by molar-refractivity contribution is 5.85. The van der Waals surface area contributed by atoms with Crippen LogP contribution in [0.3, 0.4) is 0 Å². The van der Waals surface area contributed by atoms with Gasteiger partial charge >= 0.3 is 12.1 Å². The first-order chi connectivity index (χ1) is 7.37. The predicted octanol–water partition coefficient (Wildman–Crippen LogP) is 2.55. The second-order valence-corrected chi connectivity index (χ2v) is 4.27. The van der Waals surface area contributed by atoms with Crippen molar-refractivity contribution in [3.05, 3.63) is 0 Å². The van der Waals surface area contributed by atoms with Crippen LogP contribution in [0.5, 0.6) is 0 Å². The molecular formula is C10H17ClF3NO2. The minimum absolute atomic E-state index is 0. The van der Waals surface area contributed by atoms with Gasteiger partial charge < -0.3 is 5.11 Å². The van der Waals surface area contributed by atoms with Crippen molar-refractivity contribution in [3.63, 3.8) is 0 Å². The zero-order valence-corrected chi connectivity index (χ0v) is 10.2. The van der Waals surface area contributed by atoms with Crippen LogP contribution < -0.4 is 0 Å². The van der Waals surface area contributed by atoms with Crippen molar-refractivity contribution in [2.24, 2.45) is 5.92 Å². The zero-order chi connectivity index (χ0) is 12.2. The van der Waals surface area contributed by atoms with Gasteiger partial charge in [0.05, 0.1) is 6.54 Å². The van der Waals surface area contributed by atoms with Crippen LogP contribution in [0.15, 0.2) is 0 Å². The first-order valence-corrected chi connectivity index (χ1v) is 5.38. The molecule has 0 saturated carbocycles. The lowest BCUT2D eigenvalue weighted by atomic mass is 9.92. The lowest BCUT2D eigenvalue weighted by Crippen LogP contribution is -2.40. The Kier molecular flexibility index (Phi) is 6.85. The van der Waals surface area contributed by atoms with Gasteiger partial charge in [-0.2, -0.15) is 13.2 Å². The molecule has 0 aromatic heterocycles. The van der Waals surface area contributed by atoms with Crippen molar-refractivity contribution in [2.75, 3.05) is 19.6 Å². The molecule has 1 N–H and O–H groups in total. The summed E-state index contributed by atoms with van der Waals surface area (Å²) in [7, 11) is 0. The van der Waals surface area contributed by atoms with E-state index in [0.717, 1.165) is 0 Å². The molecule has 1 saturated heterocycles. The highest BCUT2D eigenvalue weighted by atomic mass is 35.5. The molecule has 0 amide bonds. The molecule has 0 unspecified atom stereocenters. The highest BCUT2D eigenvalue weighted by Crippen LogP contribution is 2.24. The van der Waals surface area contributed by atoms with Crippen LogP contribution >= 0.6 is 12.4 Å². The second kappa shape index (κ2) is 7.06. The largest absolute Gasteiger partial charge is 0.481 e. The minimum atomic E-state index is -4.13. The molecule has 17 heavy (non-hydrogen) atoms. The Morgan fingerprint density at radius 1 is 1.29 bits per heavy atom. The maximum Gasteiger partial charge on any atom is 0.401 e. The fraction of sp³-hybridized carbons (Fsp3) is 0.900. The number of hydrogen-bond acceptors (Lipinski definition) is 2. The van der Waals surface area contributed by atoms with Crippen LogP contribution in [-0.4, -0.2) is 41.8 Å². The van der Waals surface area contributed by atoms with Crippen molar-refractivity contribution >= 4 is 18.4 Å². The average Bonchev–Trinajstić information content (AvgIpc) is 2.14. The van der Waals surface area contributed by atoms with Gasteiger partial charge in [-0.15, -0.1) is 12.4 Å². The van der Waals surface area contributed by atoms with Gasteiger partial charge in [-0.3, -0.25) is 9.69 Å². The Morgan fingerprint density at radius 3 is 2.24 bits per heavy atom. The fourth-order valence-electron chi connectivity index (χ4n) is 2.01. The van der Waals surface area contributed by atoms with E-state index in [4.69, 9.17) is 5.11 Å². The summed E-state index contributed by atoms with van der Waals surface area (Å²) < 4.78 is 36.2. The number of likely N-dealkylation sites (tertiary alicyclic amines) is 1. The van der Waals surface area contributed by atoms with E-state index < -0.39 is 18.7 Å². The summed E-state index contributed by atoms with van der Waals surface area (Å²) in [6.07, 6.45) is -2.10. The zero-order valence-electron chi connectivity index (χ0n) is 9.37. The van der Waals surface area contributed by atoms with Crippen molar-refractivity contribution < 1.29 is 23.1 Å². The second-order valence-electron chi connectivity index (χ2n) is 4.27. The summed E-state index contributed by atoms with van der Waals surface area (Å²) in [5, 5.41) is 8.49. The summed E-state index contributed by atoms with van der Waals surface area (Å²) >= 11 is 0. The maximum atomic E-state index is 12.1. The van der Waals surface area contributed by atoms with Crippen molar-refractivity contribution in [2.45, 2.75) is 31.9 Å². The van der Waals surface area contributed by atoms with Crippen LogP contribution in [0.2, 0.25) is 0 Å². The van der Waals surface area contributed by atoms with E-state index >= 15 is 0 Å². The lowest BCUT2D eigenvalue weighted by Gasteiger charge is -2.32. The Balaban J connectivity index is 0.00000256. The van der Waals surface area contributed by atoms with Gasteiger partial charge in [-0.1, -0.05) is 0 Å². The van der Waals surface area contributed by atoms with E-state index in [0.29, 0.717) is 32.4 Å². The molecule has 3 nitrogen and oxygen atoms in total. The van der Waals surface area contributed by atoms with E-state index in [1.165, 1.54) is 4.90 Å². The number of alkyl halides is 3. The molecular weight excluding hydrogens is 259 g/mol. The molecule has 0 aliphatic carbocycles. The van der Waals surface area contributed by atoms with E-state index in [9.17, 15) is 18.0 Å². The number of halogens is 4. The maximum absolute atomic E-state index is 12.1. The van der Waals surface area contributed by atoms with Gasteiger partial charge in [0, 0.05) is 6.42 Å². The summed E-state index contributed by atoms with van der Waals surface area (Å²) in [5.74, 6) is -0.571. The SMILES string of the molecule is Cl.O=C(O)CCC1CCN(CC(F)(F)F)CC1. The summed E-state index contributed by atoms with van der Waals surface area (Å²) in [5.41, 5.74) is 0. The summed E-state index contributed by atoms with van der Waals surface area (Å²) in [6.45, 7) is -0.00770. The minimum Gasteiger partial charge on any atom is -0.481 e. The quantitative estimate of drug-likeness (QED) is 0.857. The number of carbonyl (C=O) groups is 1. The molecule has 1 aliphatic heterocycles. The third kappa shape index (κ3) is 7.44. The number of piperidine rings is 1. The fourth-order valence-corrected chi connectivity index (χ4v) is 2.01. The molecule has 0 aromatic rings. The number of carboxylic acids is 1. The van der Waals surface area contributed by atoms with E-state index in [1.54, 1.807) is 0 Å². The van der Waals surface area contributed by atoms with Crippen molar-refractivity contribution in [3.8, 4) is 0 Å². The van der Waals surface area contributed by atoms with Crippen LogP contribution in [0, 0.1) is 5.92 Å². The molecule has 0 atom stereocenters. The standard InChI is InChI=1S/C10H16F3NO2.ClH/c11-10(12,13)7-14-5-3-8(4-6-14)1-2-9(15)16;/h8H,1-7H2,(H,15,16);1H. The van der Waals surface area contributed by atoms with Crippen molar-refractivity contribution in [1.82, 2.24) is 4.90 Å². The van der Waals surface area contributed by atoms with Gasteiger partial charge in [0.25, 0.3) is 0 Å². The summed E-state index contributed by atoms with van der Waals surface area (Å²) in [6, 6.07) is 0. The molecule has 1 rings (SSSR count). The first kappa shape index (κ1) is 16.5. The van der Waals surface area contributed by atoms with Gasteiger partial charge in [-0.25, -0.2) is 0 Å². The van der Waals surface area contributed by atoms with E-state index in [2.05, 4.69) is 0 Å². The van der Waals surface area contributed by atoms with Gasteiger partial charge in [0.15, 0.2) is 0 Å². The molecule has 1 aliphatic rings. The lowest BCUT2D eigenvalue weighted by molar-refractivity contribution is -0.148. The molecule has 1 heterocycles. The average molecular weight is 276 g/mol. The number of rotatable bonds is 4. The van der Waals surface area contributed by atoms with Crippen molar-refractivity contribution in [1.29, 1.82) is 0 Å². The Labute approximate surface area is 104 Å². The third-order valence-corrected chi connectivity index (χ3v) is 2.88.